The molecule has 0 radical (unpaired) electrons. The number of nitrogens with one attached hydrogen (secondary N) is 2. The normalized spacial score (nSPS) is 11.6. The number of aromatic amines is 2. The molecule has 190 valence electrons. The van der Waals surface area contributed by atoms with Gasteiger partial charge in [-0.15, -0.1) is 0 Å². The lowest BCUT2D eigenvalue weighted by Crippen LogP contribution is -2.19. The summed E-state index contributed by atoms with van der Waals surface area (Å²) in [6.45, 7) is 1.16. The molecule has 0 fully saturated rings. The van der Waals surface area contributed by atoms with Crippen molar-refractivity contribution in [3.8, 4) is 45.3 Å². The summed E-state index contributed by atoms with van der Waals surface area (Å²) < 4.78 is 20.3. The number of rotatable bonds is 7. The molecular formula is C27H23FN8O2. The van der Waals surface area contributed by atoms with Crippen molar-refractivity contribution < 1.29 is 14.2 Å². The minimum atomic E-state index is -0.397. The van der Waals surface area contributed by atoms with Crippen molar-refractivity contribution in [3.63, 3.8) is 0 Å². The quantitative estimate of drug-likeness (QED) is 0.288. The predicted octanol–water partition coefficient (Wildman–Crippen LogP) is 4.41. The van der Waals surface area contributed by atoms with E-state index in [0.29, 0.717) is 52.8 Å². The topological polar surface area (TPSA) is 129 Å². The second kappa shape index (κ2) is 9.52. The second-order valence-corrected chi connectivity index (χ2v) is 9.10. The Morgan fingerprint density at radius 1 is 0.974 bits per heavy atom. The zero-order valence-corrected chi connectivity index (χ0v) is 20.6. The maximum absolute atomic E-state index is 14.5. The van der Waals surface area contributed by atoms with Crippen LogP contribution in [0, 0.1) is 5.82 Å². The largest absolute Gasteiger partial charge is 0.506 e. The molecule has 3 N–H and O–H groups in total. The number of nitrogens with zero attached hydrogens (tertiary/aromatic N) is 6. The fourth-order valence-corrected chi connectivity index (χ4v) is 4.24. The van der Waals surface area contributed by atoms with E-state index in [-0.39, 0.29) is 5.75 Å². The van der Waals surface area contributed by atoms with Gasteiger partial charge in [0.2, 0.25) is 0 Å². The third-order valence-corrected chi connectivity index (χ3v) is 6.09. The van der Waals surface area contributed by atoms with Crippen LogP contribution < -0.4 is 4.74 Å². The Labute approximate surface area is 216 Å². The van der Waals surface area contributed by atoms with Gasteiger partial charge in [-0.05, 0) is 50.0 Å². The Kier molecular flexibility index (Phi) is 5.89. The molecule has 1 aromatic carbocycles. The van der Waals surface area contributed by atoms with E-state index < -0.39 is 5.82 Å². The van der Waals surface area contributed by atoms with E-state index in [1.54, 1.807) is 30.7 Å². The summed E-state index contributed by atoms with van der Waals surface area (Å²) in [5, 5.41) is 17.9. The van der Waals surface area contributed by atoms with E-state index in [9.17, 15) is 9.50 Å². The molecule has 0 saturated carbocycles. The average molecular weight is 511 g/mol. The number of benzene rings is 1. The fourth-order valence-electron chi connectivity index (χ4n) is 4.24. The van der Waals surface area contributed by atoms with Crippen LogP contribution in [0.1, 0.15) is 0 Å². The molecule has 0 aliphatic rings. The van der Waals surface area contributed by atoms with Gasteiger partial charge in [0.1, 0.15) is 29.6 Å². The Morgan fingerprint density at radius 2 is 1.84 bits per heavy atom. The van der Waals surface area contributed by atoms with Crippen molar-refractivity contribution in [1.82, 2.24) is 40.0 Å². The average Bonchev–Trinajstić information content (AvgIpc) is 3.51. The minimum Gasteiger partial charge on any atom is -0.506 e. The molecule has 0 aliphatic heterocycles. The van der Waals surface area contributed by atoms with E-state index in [2.05, 4.69) is 35.1 Å². The SMILES string of the molecule is CN(C)CCOc1cc(F)cc(-c2ccnc3nc(-c4[nH]nc5ncc(-c6cncc(O)c6)cc45)[nH]c23)c1. The molecule has 0 bridgehead atoms. The predicted molar refractivity (Wildman–Crippen MR) is 141 cm³/mol. The van der Waals surface area contributed by atoms with Crippen LogP contribution in [0.3, 0.4) is 0 Å². The first-order chi connectivity index (χ1) is 18.4. The Bertz CT molecular complexity index is 1780. The van der Waals surface area contributed by atoms with Crippen LogP contribution in [-0.4, -0.2) is 72.4 Å². The van der Waals surface area contributed by atoms with Gasteiger partial charge in [0, 0.05) is 47.9 Å². The van der Waals surface area contributed by atoms with Crippen molar-refractivity contribution in [1.29, 1.82) is 0 Å². The maximum Gasteiger partial charge on any atom is 0.181 e. The van der Waals surface area contributed by atoms with Gasteiger partial charge in [0.25, 0.3) is 0 Å². The van der Waals surface area contributed by atoms with Crippen molar-refractivity contribution in [2.24, 2.45) is 0 Å². The second-order valence-electron chi connectivity index (χ2n) is 9.10. The maximum atomic E-state index is 14.5. The molecule has 5 heterocycles. The van der Waals surface area contributed by atoms with Gasteiger partial charge in [-0.25, -0.2) is 19.3 Å². The highest BCUT2D eigenvalue weighted by Crippen LogP contribution is 2.33. The van der Waals surface area contributed by atoms with Crippen molar-refractivity contribution in [2.45, 2.75) is 0 Å². The first-order valence-electron chi connectivity index (χ1n) is 11.9. The number of H-pyrrole nitrogens is 2. The summed E-state index contributed by atoms with van der Waals surface area (Å²) in [6.07, 6.45) is 6.33. The van der Waals surface area contributed by atoms with Crippen LogP contribution in [0.5, 0.6) is 11.5 Å². The molecule has 38 heavy (non-hydrogen) atoms. The van der Waals surface area contributed by atoms with Crippen LogP contribution in [0.15, 0.2) is 61.2 Å². The van der Waals surface area contributed by atoms with Crippen LogP contribution in [0.25, 0.3) is 56.0 Å². The molecule has 6 rings (SSSR count). The Morgan fingerprint density at radius 3 is 2.68 bits per heavy atom. The molecular weight excluding hydrogens is 487 g/mol. The zero-order valence-electron chi connectivity index (χ0n) is 20.6. The highest BCUT2D eigenvalue weighted by Gasteiger charge is 2.17. The number of likely N-dealkylation sites (N-methyl/N-ethyl adjacent to an activating group) is 1. The molecule has 0 atom stereocenters. The number of ether oxygens (including phenoxy) is 1. The first kappa shape index (κ1) is 23.5. The van der Waals surface area contributed by atoms with Crippen molar-refractivity contribution >= 4 is 22.2 Å². The van der Waals surface area contributed by atoms with Gasteiger partial charge in [-0.1, -0.05) is 0 Å². The summed E-state index contributed by atoms with van der Waals surface area (Å²) in [6, 6.07) is 9.97. The highest BCUT2D eigenvalue weighted by atomic mass is 19.1. The number of imidazole rings is 1. The van der Waals surface area contributed by atoms with Crippen molar-refractivity contribution in [2.75, 3.05) is 27.2 Å². The summed E-state index contributed by atoms with van der Waals surface area (Å²) >= 11 is 0. The summed E-state index contributed by atoms with van der Waals surface area (Å²) in [7, 11) is 3.90. The molecule has 6 aromatic rings. The first-order valence-corrected chi connectivity index (χ1v) is 11.9. The van der Waals surface area contributed by atoms with Gasteiger partial charge in [0.15, 0.2) is 17.1 Å². The number of halogens is 1. The number of aromatic nitrogens is 7. The number of aromatic hydroxyl groups is 1. The third-order valence-electron chi connectivity index (χ3n) is 6.09. The van der Waals surface area contributed by atoms with E-state index in [4.69, 9.17) is 4.74 Å². The van der Waals surface area contributed by atoms with E-state index in [1.165, 1.54) is 18.3 Å². The molecule has 0 amide bonds. The molecule has 5 aromatic heterocycles. The van der Waals surface area contributed by atoms with Crippen LogP contribution in [-0.2, 0) is 0 Å². The van der Waals surface area contributed by atoms with E-state index in [1.807, 2.05) is 31.1 Å². The van der Waals surface area contributed by atoms with Crippen molar-refractivity contribution in [3.05, 3.63) is 67.0 Å². The van der Waals surface area contributed by atoms with Crippen LogP contribution in [0.2, 0.25) is 0 Å². The standard InChI is InChI=1S/C27H23FN8O2/c1-36(2)5-6-38-20-9-15(7-18(28)11-20)21-3-4-30-26-23(21)32-27(33-26)24-22-10-17(13-31-25(22)35-34-24)16-8-19(37)14-29-12-16/h3-4,7-14,37H,5-6H2,1-2H3,(H,30,32,33)(H,31,34,35). The van der Waals surface area contributed by atoms with Gasteiger partial charge >= 0.3 is 0 Å². The smallest absolute Gasteiger partial charge is 0.181 e. The molecule has 0 spiro atoms. The van der Waals surface area contributed by atoms with Crippen LogP contribution in [0.4, 0.5) is 4.39 Å². The van der Waals surface area contributed by atoms with Gasteiger partial charge in [-0.2, -0.15) is 5.10 Å². The number of hydrogen-bond donors (Lipinski definition) is 3. The summed E-state index contributed by atoms with van der Waals surface area (Å²) in [5.74, 6) is 0.626. The molecule has 0 saturated heterocycles. The Balaban J connectivity index is 1.40. The van der Waals surface area contributed by atoms with Gasteiger partial charge in [0.05, 0.1) is 17.1 Å². The van der Waals surface area contributed by atoms with Crippen LogP contribution >= 0.6 is 0 Å². The molecule has 0 aliphatic carbocycles. The number of hydrogen-bond acceptors (Lipinski definition) is 8. The summed E-state index contributed by atoms with van der Waals surface area (Å²) in [4.78, 5) is 22.9. The number of fused-ring (bicyclic) bond motifs is 2. The molecule has 10 nitrogen and oxygen atoms in total. The molecule has 11 heteroatoms. The van der Waals surface area contributed by atoms with Gasteiger partial charge < -0.3 is 19.7 Å². The lowest BCUT2D eigenvalue weighted by Gasteiger charge is -2.12. The highest BCUT2D eigenvalue weighted by molar-refractivity contribution is 5.96. The number of pyridine rings is 3. The fraction of sp³-hybridized carbons (Fsp3) is 0.148. The van der Waals surface area contributed by atoms with Gasteiger partial charge in [-0.3, -0.25) is 10.1 Å². The monoisotopic (exact) mass is 510 g/mol. The van der Waals surface area contributed by atoms with E-state index in [0.717, 1.165) is 22.1 Å². The lowest BCUT2D eigenvalue weighted by atomic mass is 10.1. The minimum absolute atomic E-state index is 0.0644. The summed E-state index contributed by atoms with van der Waals surface area (Å²) in [5.41, 5.74) is 5.11. The lowest BCUT2D eigenvalue weighted by molar-refractivity contribution is 0.260. The zero-order chi connectivity index (χ0) is 26.2. The molecule has 0 unspecified atom stereocenters. The third kappa shape index (κ3) is 4.50. The van der Waals surface area contributed by atoms with E-state index >= 15 is 0 Å². The Hall–Kier alpha value is -4.90.